The summed E-state index contributed by atoms with van der Waals surface area (Å²) in [5.74, 6) is -1.60. The van der Waals surface area contributed by atoms with Gasteiger partial charge in [-0.15, -0.1) is 0 Å². The summed E-state index contributed by atoms with van der Waals surface area (Å²) in [7, 11) is 0. The van der Waals surface area contributed by atoms with Crippen LogP contribution in [0.3, 0.4) is 0 Å². The first kappa shape index (κ1) is 17.1. The minimum Gasteiger partial charge on any atom is -0.478 e. The molecule has 1 N–H and O–H groups in total. The Balaban J connectivity index is 2.22. The fourth-order valence-electron chi connectivity index (χ4n) is 2.83. The second kappa shape index (κ2) is 5.95. The van der Waals surface area contributed by atoms with Crippen LogP contribution in [0.15, 0.2) is 42.0 Å². The fraction of sp³-hybridized carbons (Fsp3) is 0.211. The molecule has 0 bridgehead atoms. The second-order valence-electron chi connectivity index (χ2n) is 6.04. The molecule has 3 nitrogen and oxygen atoms in total. The SMILES string of the molecule is Cc1ccc(-c2cc(C)cc3c2OC(C(F)(F)F)C(C(=O)O)=C3)cc1. The lowest BCUT2D eigenvalue weighted by molar-refractivity contribution is -0.187. The van der Waals surface area contributed by atoms with Gasteiger partial charge in [-0.2, -0.15) is 13.2 Å². The van der Waals surface area contributed by atoms with E-state index in [0.29, 0.717) is 16.7 Å². The lowest BCUT2D eigenvalue weighted by Crippen LogP contribution is -2.40. The van der Waals surface area contributed by atoms with Crippen molar-refractivity contribution in [1.29, 1.82) is 0 Å². The number of aliphatic carboxylic acids is 1. The predicted molar refractivity (Wildman–Crippen MR) is 87.4 cm³/mol. The van der Waals surface area contributed by atoms with Crippen LogP contribution in [-0.4, -0.2) is 23.4 Å². The number of fused-ring (bicyclic) bond motifs is 1. The minimum atomic E-state index is -4.82. The Morgan fingerprint density at radius 1 is 1.08 bits per heavy atom. The molecule has 0 saturated carbocycles. The lowest BCUT2D eigenvalue weighted by atomic mass is 9.93. The molecular weight excluding hydrogens is 333 g/mol. The van der Waals surface area contributed by atoms with Crippen molar-refractivity contribution >= 4 is 12.0 Å². The van der Waals surface area contributed by atoms with E-state index < -0.39 is 23.8 Å². The highest BCUT2D eigenvalue weighted by molar-refractivity contribution is 5.96. The number of aryl methyl sites for hydroxylation is 2. The molecule has 0 saturated heterocycles. The molecule has 6 heteroatoms. The van der Waals surface area contributed by atoms with Crippen molar-refractivity contribution in [3.63, 3.8) is 0 Å². The molecule has 3 rings (SSSR count). The van der Waals surface area contributed by atoms with Crippen molar-refractivity contribution in [3.8, 4) is 16.9 Å². The van der Waals surface area contributed by atoms with Crippen molar-refractivity contribution in [2.24, 2.45) is 0 Å². The fourth-order valence-corrected chi connectivity index (χ4v) is 2.83. The largest absolute Gasteiger partial charge is 0.478 e. The molecule has 0 aromatic heterocycles. The molecule has 25 heavy (non-hydrogen) atoms. The molecule has 130 valence electrons. The molecule has 0 radical (unpaired) electrons. The van der Waals surface area contributed by atoms with Crippen molar-refractivity contribution in [1.82, 2.24) is 0 Å². The highest BCUT2D eigenvalue weighted by Gasteiger charge is 2.48. The molecule has 0 spiro atoms. The molecular formula is C19H15F3O3. The van der Waals surface area contributed by atoms with Crippen LogP contribution in [-0.2, 0) is 4.79 Å². The maximum Gasteiger partial charge on any atom is 0.430 e. The summed E-state index contributed by atoms with van der Waals surface area (Å²) in [5, 5.41) is 9.14. The van der Waals surface area contributed by atoms with Crippen molar-refractivity contribution in [2.45, 2.75) is 26.1 Å². The summed E-state index contributed by atoms with van der Waals surface area (Å²) < 4.78 is 45.0. The monoisotopic (exact) mass is 348 g/mol. The van der Waals surface area contributed by atoms with Crippen LogP contribution >= 0.6 is 0 Å². The van der Waals surface area contributed by atoms with E-state index in [2.05, 4.69) is 0 Å². The normalized spacial score (nSPS) is 16.7. The third kappa shape index (κ3) is 3.24. The van der Waals surface area contributed by atoms with Crippen LogP contribution in [0.2, 0.25) is 0 Å². The van der Waals surface area contributed by atoms with E-state index in [-0.39, 0.29) is 5.75 Å². The number of halogens is 3. The van der Waals surface area contributed by atoms with Gasteiger partial charge < -0.3 is 9.84 Å². The highest BCUT2D eigenvalue weighted by atomic mass is 19.4. The Bertz CT molecular complexity index is 865. The number of carboxylic acids is 1. The van der Waals surface area contributed by atoms with Gasteiger partial charge in [0.25, 0.3) is 0 Å². The third-order valence-electron chi connectivity index (χ3n) is 4.00. The first-order valence-corrected chi connectivity index (χ1v) is 7.57. The van der Waals surface area contributed by atoms with Crippen molar-refractivity contribution in [2.75, 3.05) is 0 Å². The summed E-state index contributed by atoms with van der Waals surface area (Å²) in [6.07, 6.45) is -6.27. The highest BCUT2D eigenvalue weighted by Crippen LogP contribution is 2.43. The molecule has 2 aromatic rings. The maximum atomic E-state index is 13.3. The van der Waals surface area contributed by atoms with Gasteiger partial charge in [-0.3, -0.25) is 0 Å². The number of hydrogen-bond donors (Lipinski definition) is 1. The average molecular weight is 348 g/mol. The van der Waals surface area contributed by atoms with Gasteiger partial charge in [-0.25, -0.2) is 4.79 Å². The van der Waals surface area contributed by atoms with Crippen molar-refractivity contribution < 1.29 is 27.8 Å². The quantitative estimate of drug-likeness (QED) is 0.851. The summed E-state index contributed by atoms with van der Waals surface area (Å²) in [5.41, 5.74) is 2.54. The number of ether oxygens (including phenoxy) is 1. The predicted octanol–water partition coefficient (Wildman–Crippen LogP) is 4.76. The molecule has 1 heterocycles. The zero-order valence-electron chi connectivity index (χ0n) is 13.5. The van der Waals surface area contributed by atoms with E-state index >= 15 is 0 Å². The van der Waals surface area contributed by atoms with Gasteiger partial charge in [0.15, 0.2) is 0 Å². The Labute approximate surface area is 142 Å². The molecule has 0 amide bonds. The molecule has 1 atom stereocenters. The molecule has 0 aliphatic carbocycles. The number of alkyl halides is 3. The van der Waals surface area contributed by atoms with Gasteiger partial charge in [-0.05, 0) is 43.2 Å². The smallest absolute Gasteiger partial charge is 0.430 e. The Morgan fingerprint density at radius 3 is 2.28 bits per heavy atom. The number of hydrogen-bond acceptors (Lipinski definition) is 2. The second-order valence-corrected chi connectivity index (χ2v) is 6.04. The van der Waals surface area contributed by atoms with Gasteiger partial charge >= 0.3 is 12.1 Å². The Kier molecular flexibility index (Phi) is 4.06. The molecule has 1 unspecified atom stereocenters. The molecule has 0 fully saturated rings. The van der Waals surface area contributed by atoms with Crippen LogP contribution < -0.4 is 4.74 Å². The van der Waals surface area contributed by atoms with Crippen LogP contribution in [0, 0.1) is 13.8 Å². The first-order chi connectivity index (χ1) is 11.7. The van der Waals surface area contributed by atoms with Crippen molar-refractivity contribution in [3.05, 3.63) is 58.7 Å². The number of carboxylic acid groups (broad SMARTS) is 1. The summed E-state index contributed by atoms with van der Waals surface area (Å²) in [6.45, 7) is 3.70. The van der Waals surface area contributed by atoms with Gasteiger partial charge in [0.2, 0.25) is 6.10 Å². The maximum absolute atomic E-state index is 13.3. The number of benzene rings is 2. The van der Waals surface area contributed by atoms with E-state index in [9.17, 15) is 18.0 Å². The van der Waals surface area contributed by atoms with Crippen LogP contribution in [0.25, 0.3) is 17.2 Å². The summed E-state index contributed by atoms with van der Waals surface area (Å²) >= 11 is 0. The topological polar surface area (TPSA) is 46.5 Å². The average Bonchev–Trinajstić information content (AvgIpc) is 2.52. The molecule has 1 aliphatic heterocycles. The first-order valence-electron chi connectivity index (χ1n) is 7.57. The molecule has 2 aromatic carbocycles. The molecule has 1 aliphatic rings. The zero-order valence-corrected chi connectivity index (χ0v) is 13.5. The van der Waals surface area contributed by atoms with E-state index in [1.807, 2.05) is 19.1 Å². The van der Waals surface area contributed by atoms with E-state index in [0.717, 1.165) is 17.2 Å². The van der Waals surface area contributed by atoms with Gasteiger partial charge in [0.1, 0.15) is 5.75 Å². The Morgan fingerprint density at radius 2 is 1.72 bits per heavy atom. The van der Waals surface area contributed by atoms with Crippen LogP contribution in [0.1, 0.15) is 16.7 Å². The van der Waals surface area contributed by atoms with Crippen LogP contribution in [0.5, 0.6) is 5.75 Å². The summed E-state index contributed by atoms with van der Waals surface area (Å²) in [4.78, 5) is 11.3. The van der Waals surface area contributed by atoms with E-state index in [4.69, 9.17) is 9.84 Å². The van der Waals surface area contributed by atoms with Gasteiger partial charge in [-0.1, -0.05) is 29.8 Å². The lowest BCUT2D eigenvalue weighted by Gasteiger charge is -2.29. The Hall–Kier alpha value is -2.76. The number of carbonyl (C=O) groups is 1. The third-order valence-corrected chi connectivity index (χ3v) is 4.00. The van der Waals surface area contributed by atoms with E-state index in [1.54, 1.807) is 31.2 Å². The number of rotatable bonds is 2. The van der Waals surface area contributed by atoms with Gasteiger partial charge in [0.05, 0.1) is 5.57 Å². The standard InChI is InChI=1S/C19H15F3O3/c1-10-3-5-12(6-4-10)14-8-11(2)7-13-9-15(18(23)24)17(19(20,21)22)25-16(13)14/h3-9,17H,1-2H3,(H,23,24). The van der Waals surface area contributed by atoms with Crippen LogP contribution in [0.4, 0.5) is 13.2 Å². The van der Waals surface area contributed by atoms with Gasteiger partial charge in [0, 0.05) is 11.1 Å². The van der Waals surface area contributed by atoms with E-state index in [1.165, 1.54) is 0 Å². The zero-order chi connectivity index (χ0) is 18.4. The summed E-state index contributed by atoms with van der Waals surface area (Å²) in [6, 6.07) is 10.7. The minimum absolute atomic E-state index is 0.0433.